The lowest BCUT2D eigenvalue weighted by Crippen LogP contribution is -2.35. The molecule has 0 aliphatic heterocycles. The van der Waals surface area contributed by atoms with Gasteiger partial charge in [0, 0.05) is 12.6 Å². The lowest BCUT2D eigenvalue weighted by Gasteiger charge is -2.15. The Morgan fingerprint density at radius 3 is 2.36 bits per heavy atom. The summed E-state index contributed by atoms with van der Waals surface area (Å²) in [6.45, 7) is 5.36. The molecule has 0 aliphatic rings. The Hall–Kier alpha value is -2.71. The summed E-state index contributed by atoms with van der Waals surface area (Å²) < 4.78 is 33.0. The second-order valence-corrected chi connectivity index (χ2v) is 7.94. The minimum Gasteiger partial charge on any atom is -0.449 e. The third-order valence-electron chi connectivity index (χ3n) is 4.02. The molecule has 2 aromatic carbocycles. The fourth-order valence-corrected chi connectivity index (χ4v) is 3.78. The maximum Gasteiger partial charge on any atom is 0.338 e. The van der Waals surface area contributed by atoms with Crippen molar-refractivity contribution < 1.29 is 22.7 Å². The van der Waals surface area contributed by atoms with Crippen LogP contribution in [-0.2, 0) is 19.6 Å². The first-order chi connectivity index (χ1) is 13.2. The molecule has 8 heteroatoms. The van der Waals surface area contributed by atoms with E-state index in [-0.39, 0.29) is 10.5 Å². The van der Waals surface area contributed by atoms with E-state index >= 15 is 0 Å². The van der Waals surface area contributed by atoms with Crippen LogP contribution in [0, 0.1) is 0 Å². The van der Waals surface area contributed by atoms with E-state index in [9.17, 15) is 18.0 Å². The van der Waals surface area contributed by atoms with E-state index < -0.39 is 34.0 Å². The number of esters is 1. The van der Waals surface area contributed by atoms with E-state index in [1.54, 1.807) is 13.8 Å². The third kappa shape index (κ3) is 5.64. The number of benzene rings is 2. The van der Waals surface area contributed by atoms with E-state index in [4.69, 9.17) is 4.74 Å². The second-order valence-electron chi connectivity index (χ2n) is 6.22. The first-order valence-electron chi connectivity index (χ1n) is 8.90. The molecule has 2 rings (SSSR count). The summed E-state index contributed by atoms with van der Waals surface area (Å²) in [6.07, 6.45) is -0.982. The molecular weight excluding hydrogens is 380 g/mol. The molecule has 0 bridgehead atoms. The molecule has 7 nitrogen and oxygen atoms in total. The van der Waals surface area contributed by atoms with Crippen molar-refractivity contribution in [1.82, 2.24) is 10.0 Å². The van der Waals surface area contributed by atoms with E-state index in [1.807, 2.05) is 30.3 Å². The molecule has 2 aromatic rings. The van der Waals surface area contributed by atoms with Crippen LogP contribution < -0.4 is 10.0 Å². The number of amides is 1. The number of likely N-dealkylation sites (N-methyl/N-ethyl adjacent to an activating group) is 1. The van der Waals surface area contributed by atoms with Crippen molar-refractivity contribution in [3.8, 4) is 0 Å². The number of sulfonamides is 1. The number of hydrogen-bond donors (Lipinski definition) is 2. The molecule has 0 heterocycles. The Balaban J connectivity index is 2.15. The van der Waals surface area contributed by atoms with Gasteiger partial charge in [-0.05, 0) is 44.5 Å². The highest BCUT2D eigenvalue weighted by Crippen LogP contribution is 2.18. The first-order valence-corrected chi connectivity index (χ1v) is 10.4. The van der Waals surface area contributed by atoms with Gasteiger partial charge >= 0.3 is 5.97 Å². The molecule has 0 saturated carbocycles. The van der Waals surface area contributed by atoms with E-state index in [1.165, 1.54) is 31.2 Å². The topological polar surface area (TPSA) is 102 Å². The van der Waals surface area contributed by atoms with Gasteiger partial charge in [-0.3, -0.25) is 4.79 Å². The largest absolute Gasteiger partial charge is 0.449 e. The molecule has 28 heavy (non-hydrogen) atoms. The SMILES string of the molecule is CCNC(=O)[C@H](C)OC(=O)c1cccc(S(=O)(=O)N[C@H](C)c2ccccc2)c1. The van der Waals surface area contributed by atoms with Gasteiger partial charge in [-0.25, -0.2) is 17.9 Å². The van der Waals surface area contributed by atoms with Crippen LogP contribution in [0.2, 0.25) is 0 Å². The summed E-state index contributed by atoms with van der Waals surface area (Å²) in [5, 5.41) is 2.55. The van der Waals surface area contributed by atoms with Crippen LogP contribution in [0.5, 0.6) is 0 Å². The van der Waals surface area contributed by atoms with Crippen LogP contribution in [0.3, 0.4) is 0 Å². The van der Waals surface area contributed by atoms with Crippen molar-refractivity contribution in [1.29, 1.82) is 0 Å². The van der Waals surface area contributed by atoms with Gasteiger partial charge in [0.2, 0.25) is 10.0 Å². The minimum absolute atomic E-state index is 0.0476. The number of ether oxygens (including phenoxy) is 1. The number of hydrogen-bond acceptors (Lipinski definition) is 5. The van der Waals surface area contributed by atoms with Gasteiger partial charge in [-0.1, -0.05) is 36.4 Å². The standard InChI is InChI=1S/C20H24N2O5S/c1-4-21-19(23)15(3)27-20(24)17-11-8-12-18(13-17)28(25,26)22-14(2)16-9-6-5-7-10-16/h5-15,22H,4H2,1-3H3,(H,21,23)/t14-,15+/m1/s1. The average Bonchev–Trinajstić information content (AvgIpc) is 2.68. The summed E-state index contributed by atoms with van der Waals surface area (Å²) in [4.78, 5) is 23.9. The molecule has 2 N–H and O–H groups in total. The molecule has 0 aromatic heterocycles. The normalized spacial score (nSPS) is 13.4. The Bertz CT molecular complexity index is 929. The Morgan fingerprint density at radius 2 is 1.71 bits per heavy atom. The van der Waals surface area contributed by atoms with Crippen molar-refractivity contribution >= 4 is 21.9 Å². The van der Waals surface area contributed by atoms with Crippen molar-refractivity contribution in [2.75, 3.05) is 6.54 Å². The average molecular weight is 404 g/mol. The van der Waals surface area contributed by atoms with Crippen molar-refractivity contribution in [2.24, 2.45) is 0 Å². The maximum atomic E-state index is 12.7. The zero-order valence-corrected chi connectivity index (χ0v) is 16.8. The van der Waals surface area contributed by atoms with Gasteiger partial charge in [0.25, 0.3) is 5.91 Å². The Kier molecular flexibility index (Phi) is 7.31. The third-order valence-corrected chi connectivity index (χ3v) is 5.55. The predicted molar refractivity (Wildman–Crippen MR) is 105 cm³/mol. The number of rotatable bonds is 8. The fourth-order valence-electron chi connectivity index (χ4n) is 2.50. The lowest BCUT2D eigenvalue weighted by atomic mass is 10.1. The van der Waals surface area contributed by atoms with Crippen molar-refractivity contribution in [3.05, 3.63) is 65.7 Å². The van der Waals surface area contributed by atoms with Crippen LogP contribution in [0.25, 0.3) is 0 Å². The van der Waals surface area contributed by atoms with Gasteiger partial charge in [0.05, 0.1) is 10.5 Å². The van der Waals surface area contributed by atoms with E-state index in [0.29, 0.717) is 6.54 Å². The second kappa shape index (κ2) is 9.48. The van der Waals surface area contributed by atoms with Crippen LogP contribution in [0.1, 0.15) is 42.7 Å². The summed E-state index contributed by atoms with van der Waals surface area (Å²) in [5.41, 5.74) is 0.865. The molecule has 150 valence electrons. The van der Waals surface area contributed by atoms with Crippen LogP contribution >= 0.6 is 0 Å². The maximum absolute atomic E-state index is 12.7. The molecule has 0 spiro atoms. The van der Waals surface area contributed by atoms with Crippen molar-refractivity contribution in [3.63, 3.8) is 0 Å². The number of nitrogens with one attached hydrogen (secondary N) is 2. The molecular formula is C20H24N2O5S. The quantitative estimate of drug-likeness (QED) is 0.658. The van der Waals surface area contributed by atoms with E-state index in [0.717, 1.165) is 5.56 Å². The highest BCUT2D eigenvalue weighted by atomic mass is 32.2. The molecule has 2 atom stereocenters. The molecule has 0 saturated heterocycles. The smallest absolute Gasteiger partial charge is 0.338 e. The lowest BCUT2D eigenvalue weighted by molar-refractivity contribution is -0.128. The van der Waals surface area contributed by atoms with Gasteiger partial charge in [0.15, 0.2) is 6.10 Å². The first kappa shape index (κ1) is 21.6. The minimum atomic E-state index is -3.85. The van der Waals surface area contributed by atoms with Gasteiger partial charge < -0.3 is 10.1 Å². The molecule has 0 unspecified atom stereocenters. The predicted octanol–water partition coefficient (Wildman–Crippen LogP) is 2.41. The summed E-state index contributed by atoms with van der Waals surface area (Å²) >= 11 is 0. The van der Waals surface area contributed by atoms with Gasteiger partial charge in [-0.15, -0.1) is 0 Å². The Morgan fingerprint density at radius 1 is 1.04 bits per heavy atom. The highest BCUT2D eigenvalue weighted by molar-refractivity contribution is 7.89. The fraction of sp³-hybridized carbons (Fsp3) is 0.300. The number of carbonyl (C=O) groups is 2. The molecule has 0 fully saturated rings. The van der Waals surface area contributed by atoms with Gasteiger partial charge in [-0.2, -0.15) is 0 Å². The molecule has 0 radical (unpaired) electrons. The van der Waals surface area contributed by atoms with Gasteiger partial charge in [0.1, 0.15) is 0 Å². The monoisotopic (exact) mass is 404 g/mol. The molecule has 1 amide bonds. The van der Waals surface area contributed by atoms with Crippen LogP contribution in [-0.4, -0.2) is 32.9 Å². The summed E-state index contributed by atoms with van der Waals surface area (Å²) in [7, 11) is -3.85. The zero-order chi connectivity index (χ0) is 20.7. The summed E-state index contributed by atoms with van der Waals surface area (Å²) in [6, 6.07) is 14.2. The van der Waals surface area contributed by atoms with E-state index in [2.05, 4.69) is 10.0 Å². The van der Waals surface area contributed by atoms with Crippen molar-refractivity contribution in [2.45, 2.75) is 37.8 Å². The summed E-state index contributed by atoms with van der Waals surface area (Å²) in [5.74, 6) is -1.19. The zero-order valence-electron chi connectivity index (χ0n) is 16.0. The number of carbonyl (C=O) groups excluding carboxylic acids is 2. The highest BCUT2D eigenvalue weighted by Gasteiger charge is 2.22. The molecule has 0 aliphatic carbocycles. The Labute approximate surface area is 165 Å². The van der Waals surface area contributed by atoms with Crippen LogP contribution in [0.4, 0.5) is 0 Å². The van der Waals surface area contributed by atoms with Crippen LogP contribution in [0.15, 0.2) is 59.5 Å².